The molecular formula is C11H10N2O6S. The number of furan rings is 2. The maximum Gasteiger partial charge on any atom is 0.328 e. The second-order valence-electron chi connectivity index (χ2n) is 3.72. The van der Waals surface area contributed by atoms with Crippen LogP contribution in [0.3, 0.4) is 0 Å². The number of carbonyl (C=O) groups is 1. The number of hydrogen-bond acceptors (Lipinski definition) is 6. The fourth-order valence-electron chi connectivity index (χ4n) is 1.38. The standard InChI is InChI=1S/C11H10N2O6S/c1-7-9(4-5-18-7)11(14)13-12-6-8-2-3-10(19-8)20(15,16)17/h2-6H,1H3,(H,13,14)(H,15,16,17)/b12-6+. The van der Waals surface area contributed by atoms with Crippen LogP contribution in [0.1, 0.15) is 21.9 Å². The van der Waals surface area contributed by atoms with Crippen LogP contribution in [0, 0.1) is 6.92 Å². The van der Waals surface area contributed by atoms with E-state index >= 15 is 0 Å². The lowest BCUT2D eigenvalue weighted by molar-refractivity contribution is 0.0953. The zero-order chi connectivity index (χ0) is 14.8. The van der Waals surface area contributed by atoms with Crippen LogP contribution in [0.5, 0.6) is 0 Å². The van der Waals surface area contributed by atoms with Crippen molar-refractivity contribution >= 4 is 22.2 Å². The Balaban J connectivity index is 2.02. The van der Waals surface area contributed by atoms with Gasteiger partial charge in [-0.1, -0.05) is 0 Å². The molecule has 1 amide bonds. The summed E-state index contributed by atoms with van der Waals surface area (Å²) in [6.45, 7) is 1.63. The molecule has 0 spiro atoms. The number of carbonyl (C=O) groups excluding carboxylic acids is 1. The molecule has 20 heavy (non-hydrogen) atoms. The summed E-state index contributed by atoms with van der Waals surface area (Å²) in [6, 6.07) is 3.84. The van der Waals surface area contributed by atoms with E-state index in [-0.39, 0.29) is 5.76 Å². The van der Waals surface area contributed by atoms with Crippen LogP contribution in [0.4, 0.5) is 0 Å². The Morgan fingerprint density at radius 1 is 1.40 bits per heavy atom. The van der Waals surface area contributed by atoms with E-state index in [2.05, 4.69) is 10.5 Å². The maximum atomic E-state index is 11.6. The van der Waals surface area contributed by atoms with Gasteiger partial charge in [0.1, 0.15) is 11.5 Å². The molecule has 8 nitrogen and oxygen atoms in total. The molecular weight excluding hydrogens is 288 g/mol. The minimum atomic E-state index is -4.39. The van der Waals surface area contributed by atoms with Crippen molar-refractivity contribution in [3.05, 3.63) is 41.5 Å². The van der Waals surface area contributed by atoms with Crippen molar-refractivity contribution in [3.8, 4) is 0 Å². The van der Waals surface area contributed by atoms with Gasteiger partial charge in [0, 0.05) is 0 Å². The van der Waals surface area contributed by atoms with Gasteiger partial charge in [-0.05, 0) is 25.1 Å². The summed E-state index contributed by atoms with van der Waals surface area (Å²) in [5.41, 5.74) is 2.55. The number of hydrazone groups is 1. The Labute approximate surface area is 113 Å². The van der Waals surface area contributed by atoms with Crippen molar-refractivity contribution in [3.63, 3.8) is 0 Å². The van der Waals surface area contributed by atoms with Gasteiger partial charge in [-0.15, -0.1) is 0 Å². The van der Waals surface area contributed by atoms with Gasteiger partial charge in [0.2, 0.25) is 5.09 Å². The first-order valence-corrected chi connectivity index (χ1v) is 6.77. The van der Waals surface area contributed by atoms with Crippen LogP contribution < -0.4 is 5.43 Å². The summed E-state index contributed by atoms with van der Waals surface area (Å²) in [4.78, 5) is 11.6. The molecule has 0 saturated heterocycles. The molecule has 0 aromatic carbocycles. The molecule has 0 aliphatic heterocycles. The predicted molar refractivity (Wildman–Crippen MR) is 67.0 cm³/mol. The van der Waals surface area contributed by atoms with Crippen molar-refractivity contribution in [2.75, 3.05) is 0 Å². The van der Waals surface area contributed by atoms with Crippen molar-refractivity contribution in [2.45, 2.75) is 12.0 Å². The average molecular weight is 298 g/mol. The first kappa shape index (κ1) is 14.0. The highest BCUT2D eigenvalue weighted by Gasteiger charge is 2.14. The Bertz CT molecular complexity index is 755. The van der Waals surface area contributed by atoms with Crippen molar-refractivity contribution < 1.29 is 26.6 Å². The minimum Gasteiger partial charge on any atom is -0.469 e. The number of amides is 1. The number of aryl methyl sites for hydroxylation is 1. The maximum absolute atomic E-state index is 11.6. The Morgan fingerprint density at radius 3 is 2.70 bits per heavy atom. The lowest BCUT2D eigenvalue weighted by Crippen LogP contribution is -2.17. The van der Waals surface area contributed by atoms with E-state index in [1.165, 1.54) is 18.4 Å². The third kappa shape index (κ3) is 3.13. The first-order valence-electron chi connectivity index (χ1n) is 5.33. The fourth-order valence-corrected chi connectivity index (χ4v) is 1.82. The number of nitrogens with zero attached hydrogens (tertiary/aromatic N) is 1. The smallest absolute Gasteiger partial charge is 0.328 e. The lowest BCUT2D eigenvalue weighted by atomic mass is 10.2. The summed E-state index contributed by atoms with van der Waals surface area (Å²) in [5, 5.41) is 3.00. The Kier molecular flexibility index (Phi) is 3.72. The van der Waals surface area contributed by atoms with Crippen LogP contribution in [-0.2, 0) is 10.1 Å². The van der Waals surface area contributed by atoms with Gasteiger partial charge in [0.05, 0.1) is 18.0 Å². The van der Waals surface area contributed by atoms with E-state index in [1.807, 2.05) is 0 Å². The van der Waals surface area contributed by atoms with Crippen molar-refractivity contribution in [1.82, 2.24) is 5.43 Å². The molecule has 0 saturated carbocycles. The fraction of sp³-hybridized carbons (Fsp3) is 0.0909. The molecule has 0 bridgehead atoms. The van der Waals surface area contributed by atoms with Crippen LogP contribution in [-0.4, -0.2) is 25.1 Å². The molecule has 2 aromatic rings. The average Bonchev–Trinajstić information content (AvgIpc) is 2.97. The largest absolute Gasteiger partial charge is 0.469 e. The molecule has 0 unspecified atom stereocenters. The van der Waals surface area contributed by atoms with Gasteiger partial charge in [-0.3, -0.25) is 9.35 Å². The monoisotopic (exact) mass is 298 g/mol. The molecule has 0 fully saturated rings. The molecule has 0 aliphatic carbocycles. The van der Waals surface area contributed by atoms with E-state index in [0.29, 0.717) is 11.3 Å². The summed E-state index contributed by atoms with van der Waals surface area (Å²) < 4.78 is 40.0. The van der Waals surface area contributed by atoms with E-state index < -0.39 is 21.1 Å². The van der Waals surface area contributed by atoms with Gasteiger partial charge in [0.25, 0.3) is 5.91 Å². The normalized spacial score (nSPS) is 11.9. The lowest BCUT2D eigenvalue weighted by Gasteiger charge is -1.96. The minimum absolute atomic E-state index is 0.0573. The first-order chi connectivity index (χ1) is 9.38. The summed E-state index contributed by atoms with van der Waals surface area (Å²) in [5.74, 6) is 0.0280. The van der Waals surface area contributed by atoms with E-state index in [1.54, 1.807) is 6.92 Å². The Hall–Kier alpha value is -2.39. The molecule has 2 heterocycles. The molecule has 9 heteroatoms. The van der Waals surface area contributed by atoms with Gasteiger partial charge >= 0.3 is 10.1 Å². The zero-order valence-corrected chi connectivity index (χ0v) is 11.0. The third-order valence-electron chi connectivity index (χ3n) is 2.32. The number of rotatable bonds is 4. The highest BCUT2D eigenvalue weighted by molar-refractivity contribution is 7.85. The third-order valence-corrected chi connectivity index (χ3v) is 3.05. The highest BCUT2D eigenvalue weighted by Crippen LogP contribution is 2.12. The van der Waals surface area contributed by atoms with Crippen LogP contribution in [0.15, 0.2) is 43.5 Å². The van der Waals surface area contributed by atoms with Gasteiger partial charge in [-0.25, -0.2) is 5.43 Å². The summed E-state index contributed by atoms with van der Waals surface area (Å²) >= 11 is 0. The SMILES string of the molecule is Cc1occc1C(=O)N/N=C/c1ccc(S(=O)(=O)O)o1. The van der Waals surface area contributed by atoms with Crippen LogP contribution >= 0.6 is 0 Å². The summed E-state index contributed by atoms with van der Waals surface area (Å²) in [7, 11) is -4.39. The molecule has 0 aliphatic rings. The van der Waals surface area contributed by atoms with E-state index in [4.69, 9.17) is 13.4 Å². The van der Waals surface area contributed by atoms with Gasteiger partial charge in [0.15, 0.2) is 0 Å². The molecule has 0 radical (unpaired) electrons. The van der Waals surface area contributed by atoms with Gasteiger partial charge < -0.3 is 8.83 Å². The van der Waals surface area contributed by atoms with Crippen LogP contribution in [0.25, 0.3) is 0 Å². The molecule has 2 N–H and O–H groups in total. The van der Waals surface area contributed by atoms with Crippen molar-refractivity contribution in [1.29, 1.82) is 0 Å². The van der Waals surface area contributed by atoms with E-state index in [0.717, 1.165) is 12.3 Å². The highest BCUT2D eigenvalue weighted by atomic mass is 32.2. The molecule has 106 valence electrons. The second kappa shape index (κ2) is 5.31. The predicted octanol–water partition coefficient (Wildman–Crippen LogP) is 1.19. The zero-order valence-electron chi connectivity index (χ0n) is 10.2. The quantitative estimate of drug-likeness (QED) is 0.496. The van der Waals surface area contributed by atoms with E-state index in [9.17, 15) is 13.2 Å². The summed E-state index contributed by atoms with van der Waals surface area (Å²) in [6.07, 6.45) is 2.47. The molecule has 2 rings (SSSR count). The van der Waals surface area contributed by atoms with Crippen molar-refractivity contribution in [2.24, 2.45) is 5.10 Å². The number of hydrogen-bond donors (Lipinski definition) is 2. The topological polar surface area (TPSA) is 122 Å². The number of nitrogens with one attached hydrogen (secondary N) is 1. The Morgan fingerprint density at radius 2 is 2.15 bits per heavy atom. The molecule has 0 atom stereocenters. The second-order valence-corrected chi connectivity index (χ2v) is 5.07. The molecule has 2 aromatic heterocycles. The van der Waals surface area contributed by atoms with Crippen LogP contribution in [0.2, 0.25) is 0 Å². The van der Waals surface area contributed by atoms with Gasteiger partial charge in [-0.2, -0.15) is 13.5 Å².